The molecule has 3 atom stereocenters. The molecule has 1 saturated heterocycles. The Balaban J connectivity index is 1.79. The second-order valence-corrected chi connectivity index (χ2v) is 6.35. The van der Waals surface area contributed by atoms with Crippen molar-refractivity contribution in [3.8, 4) is 0 Å². The van der Waals surface area contributed by atoms with E-state index in [0.29, 0.717) is 18.7 Å². The highest BCUT2D eigenvalue weighted by molar-refractivity contribution is 5.92. The third-order valence-corrected chi connectivity index (χ3v) is 4.23. The lowest BCUT2D eigenvalue weighted by Gasteiger charge is -2.19. The largest absolute Gasteiger partial charge is 0.480 e. The summed E-state index contributed by atoms with van der Waals surface area (Å²) >= 11 is 0. The van der Waals surface area contributed by atoms with Gasteiger partial charge in [0.15, 0.2) is 0 Å². The molecule has 1 aromatic heterocycles. The average Bonchev–Trinajstić information content (AvgIpc) is 3.37. The number of H-pyrrole nitrogens is 1. The molecular formula is C16H24N6O6. The normalized spacial score (nSPS) is 18.1. The molecule has 0 spiro atoms. The summed E-state index contributed by atoms with van der Waals surface area (Å²) in [5.74, 6) is -3.11. The third-order valence-electron chi connectivity index (χ3n) is 4.23. The second kappa shape index (κ2) is 10.4. The number of carboxylic acid groups (broad SMARTS) is 1. The van der Waals surface area contributed by atoms with Gasteiger partial charge >= 0.3 is 5.97 Å². The van der Waals surface area contributed by atoms with Gasteiger partial charge in [0.25, 0.3) is 0 Å². The van der Waals surface area contributed by atoms with Gasteiger partial charge in [0.1, 0.15) is 12.1 Å². The first-order valence-electron chi connectivity index (χ1n) is 8.82. The highest BCUT2D eigenvalue weighted by atomic mass is 16.4. The number of aliphatic hydroxyl groups is 1. The molecule has 7 N–H and O–H groups in total. The fourth-order valence-electron chi connectivity index (χ4n) is 2.73. The zero-order chi connectivity index (χ0) is 20.5. The van der Waals surface area contributed by atoms with Crippen molar-refractivity contribution in [1.29, 1.82) is 0 Å². The number of rotatable bonds is 10. The number of carboxylic acids is 1. The predicted octanol–water partition coefficient (Wildman–Crippen LogP) is -3.13. The van der Waals surface area contributed by atoms with Crippen molar-refractivity contribution in [2.24, 2.45) is 0 Å². The molecule has 0 aromatic carbocycles. The smallest absolute Gasteiger partial charge is 0.326 e. The van der Waals surface area contributed by atoms with Crippen molar-refractivity contribution >= 4 is 23.7 Å². The number of aliphatic hydroxyl groups excluding tert-OH is 1. The molecule has 12 nitrogen and oxygen atoms in total. The number of carbonyl (C=O) groups is 4. The molecule has 0 radical (unpaired) electrons. The van der Waals surface area contributed by atoms with Gasteiger partial charge in [0.05, 0.1) is 25.5 Å². The number of imidazole rings is 1. The first-order chi connectivity index (χ1) is 13.4. The number of amides is 3. The third kappa shape index (κ3) is 6.32. The van der Waals surface area contributed by atoms with E-state index in [1.54, 1.807) is 0 Å². The fourth-order valence-corrected chi connectivity index (χ4v) is 2.73. The highest BCUT2D eigenvalue weighted by Crippen LogP contribution is 2.05. The quantitative estimate of drug-likeness (QED) is 0.216. The zero-order valence-corrected chi connectivity index (χ0v) is 15.1. The summed E-state index contributed by atoms with van der Waals surface area (Å²) in [7, 11) is 0. The Bertz CT molecular complexity index is 688. The number of nitrogens with one attached hydrogen (secondary N) is 5. The average molecular weight is 396 g/mol. The first-order valence-corrected chi connectivity index (χ1v) is 8.82. The minimum absolute atomic E-state index is 0.00126. The number of nitrogens with zero attached hydrogens (tertiary/aromatic N) is 1. The molecular weight excluding hydrogens is 372 g/mol. The van der Waals surface area contributed by atoms with Crippen LogP contribution in [0.2, 0.25) is 0 Å². The molecule has 12 heteroatoms. The van der Waals surface area contributed by atoms with Gasteiger partial charge in [-0.3, -0.25) is 14.4 Å². The molecule has 2 heterocycles. The first kappa shape index (κ1) is 21.3. The number of carbonyl (C=O) groups excluding carboxylic acids is 3. The SMILES string of the molecule is O=C(CNC(=O)[C@H](CO)NC(=O)[C@@H]1CCCN1)N[C@@H](Cc1cnc[nH]1)C(=O)O. The van der Waals surface area contributed by atoms with E-state index >= 15 is 0 Å². The lowest BCUT2D eigenvalue weighted by atomic mass is 10.1. The zero-order valence-electron chi connectivity index (χ0n) is 15.1. The highest BCUT2D eigenvalue weighted by Gasteiger charge is 2.27. The van der Waals surface area contributed by atoms with Crippen LogP contribution in [-0.4, -0.2) is 81.7 Å². The Hall–Kier alpha value is -2.99. The van der Waals surface area contributed by atoms with Crippen molar-refractivity contribution in [2.45, 2.75) is 37.4 Å². The molecule has 1 aromatic rings. The van der Waals surface area contributed by atoms with E-state index in [4.69, 9.17) is 0 Å². The minimum atomic E-state index is -1.24. The number of hydrogen-bond donors (Lipinski definition) is 7. The van der Waals surface area contributed by atoms with E-state index in [-0.39, 0.29) is 6.42 Å². The van der Waals surface area contributed by atoms with Crippen molar-refractivity contribution < 1.29 is 29.4 Å². The summed E-state index contributed by atoms with van der Waals surface area (Å²) in [6, 6.07) is -2.82. The van der Waals surface area contributed by atoms with Gasteiger partial charge < -0.3 is 36.5 Å². The molecule has 2 rings (SSSR count). The van der Waals surface area contributed by atoms with Crippen LogP contribution in [0.15, 0.2) is 12.5 Å². The second-order valence-electron chi connectivity index (χ2n) is 6.35. The van der Waals surface area contributed by atoms with E-state index < -0.39 is 55.0 Å². The topological polar surface area (TPSA) is 186 Å². The summed E-state index contributed by atoms with van der Waals surface area (Å²) in [5, 5.41) is 28.5. The number of aromatic nitrogens is 2. The van der Waals surface area contributed by atoms with E-state index in [1.165, 1.54) is 12.5 Å². The maximum atomic E-state index is 12.1. The minimum Gasteiger partial charge on any atom is -0.480 e. The van der Waals surface area contributed by atoms with Crippen LogP contribution < -0.4 is 21.3 Å². The number of aliphatic carboxylic acids is 1. The molecule has 0 bridgehead atoms. The Morgan fingerprint density at radius 2 is 2.04 bits per heavy atom. The van der Waals surface area contributed by atoms with Crippen molar-refractivity contribution in [1.82, 2.24) is 31.2 Å². The van der Waals surface area contributed by atoms with E-state index in [9.17, 15) is 29.4 Å². The van der Waals surface area contributed by atoms with Crippen LogP contribution >= 0.6 is 0 Å². The van der Waals surface area contributed by atoms with E-state index in [1.807, 2.05) is 0 Å². The fraction of sp³-hybridized carbons (Fsp3) is 0.562. The van der Waals surface area contributed by atoms with Crippen LogP contribution in [0.3, 0.4) is 0 Å². The lowest BCUT2D eigenvalue weighted by Crippen LogP contribution is -2.54. The van der Waals surface area contributed by atoms with Crippen LogP contribution in [0.4, 0.5) is 0 Å². The van der Waals surface area contributed by atoms with Gasteiger partial charge in [-0.1, -0.05) is 0 Å². The van der Waals surface area contributed by atoms with Crippen molar-refractivity contribution in [3.05, 3.63) is 18.2 Å². The van der Waals surface area contributed by atoms with Gasteiger partial charge in [0.2, 0.25) is 17.7 Å². The summed E-state index contributed by atoms with van der Waals surface area (Å²) in [6.07, 6.45) is 4.31. The molecule has 1 fully saturated rings. The molecule has 154 valence electrons. The van der Waals surface area contributed by atoms with Gasteiger partial charge in [0, 0.05) is 18.3 Å². The van der Waals surface area contributed by atoms with Gasteiger partial charge in [-0.25, -0.2) is 9.78 Å². The van der Waals surface area contributed by atoms with Crippen molar-refractivity contribution in [3.63, 3.8) is 0 Å². The monoisotopic (exact) mass is 396 g/mol. The Morgan fingerprint density at radius 3 is 2.61 bits per heavy atom. The standard InChI is InChI=1S/C16H24N6O6/c23-7-12(22-15(26)10-2-1-3-18-10)14(25)19-6-13(24)21-11(16(27)28)4-9-5-17-8-20-9/h5,8,10-12,18,23H,1-4,6-7H2,(H,17,20)(H,19,25)(H,21,24)(H,22,26)(H,27,28)/t10-,11-,12-/m0/s1. The maximum absolute atomic E-state index is 12.1. The van der Waals surface area contributed by atoms with Crippen LogP contribution in [0, 0.1) is 0 Å². The molecule has 28 heavy (non-hydrogen) atoms. The summed E-state index contributed by atoms with van der Waals surface area (Å²) in [5.41, 5.74) is 0.528. The number of aromatic amines is 1. The lowest BCUT2D eigenvalue weighted by molar-refractivity contribution is -0.141. The van der Waals surface area contributed by atoms with Gasteiger partial charge in [-0.2, -0.15) is 0 Å². The molecule has 1 aliphatic rings. The van der Waals surface area contributed by atoms with E-state index in [0.717, 1.165) is 6.42 Å². The van der Waals surface area contributed by atoms with Crippen molar-refractivity contribution in [2.75, 3.05) is 19.7 Å². The maximum Gasteiger partial charge on any atom is 0.326 e. The molecule has 0 saturated carbocycles. The summed E-state index contributed by atoms with van der Waals surface area (Å²) in [6.45, 7) is -0.430. The van der Waals surface area contributed by atoms with Crippen LogP contribution in [-0.2, 0) is 25.6 Å². The molecule has 1 aliphatic heterocycles. The Labute approximate surface area is 160 Å². The Morgan fingerprint density at radius 1 is 1.25 bits per heavy atom. The Kier molecular flexibility index (Phi) is 7.89. The summed E-state index contributed by atoms with van der Waals surface area (Å²) < 4.78 is 0. The van der Waals surface area contributed by atoms with Gasteiger partial charge in [-0.15, -0.1) is 0 Å². The summed E-state index contributed by atoms with van der Waals surface area (Å²) in [4.78, 5) is 53.9. The van der Waals surface area contributed by atoms with E-state index in [2.05, 4.69) is 31.2 Å². The number of hydrogen-bond acceptors (Lipinski definition) is 7. The van der Waals surface area contributed by atoms with Crippen LogP contribution in [0.5, 0.6) is 0 Å². The van der Waals surface area contributed by atoms with Crippen LogP contribution in [0.1, 0.15) is 18.5 Å². The van der Waals surface area contributed by atoms with Crippen LogP contribution in [0.25, 0.3) is 0 Å². The molecule has 3 amide bonds. The molecule has 0 unspecified atom stereocenters. The van der Waals surface area contributed by atoms with Gasteiger partial charge in [-0.05, 0) is 19.4 Å². The molecule has 0 aliphatic carbocycles. The predicted molar refractivity (Wildman–Crippen MR) is 94.9 cm³/mol.